The molecular weight excluding hydrogens is 410 g/mol. The van der Waals surface area contributed by atoms with Crippen LogP contribution in [0.15, 0.2) is 72.8 Å². The maximum atomic E-state index is 14.5. The number of pyridine rings is 1. The number of halogens is 3. The van der Waals surface area contributed by atoms with Crippen LogP contribution in [0.1, 0.15) is 6.92 Å². The first-order valence-corrected chi connectivity index (χ1v) is 9.12. The number of nitrogens with zero attached hydrogens (tertiary/aromatic N) is 1. The molecule has 0 unspecified atom stereocenters. The van der Waals surface area contributed by atoms with E-state index in [9.17, 15) is 9.18 Å². The number of aromatic nitrogens is 1. The first-order valence-electron chi connectivity index (χ1n) is 8.74. The summed E-state index contributed by atoms with van der Waals surface area (Å²) >= 11 is 6.18. The topological polar surface area (TPSA) is 42.0 Å². The highest BCUT2D eigenvalue weighted by atomic mass is 35.5. The zero-order chi connectivity index (χ0) is 19.7. The Bertz CT molecular complexity index is 1210. The third-order valence-electron chi connectivity index (χ3n) is 4.41. The monoisotopic (exact) mass is 425 g/mol. The van der Waals surface area contributed by atoms with Crippen molar-refractivity contribution in [2.24, 2.45) is 0 Å². The van der Waals surface area contributed by atoms with Crippen LogP contribution in [0.5, 0.6) is 0 Å². The fourth-order valence-corrected chi connectivity index (χ4v) is 3.38. The molecule has 0 fully saturated rings. The van der Waals surface area contributed by atoms with Crippen LogP contribution in [0.25, 0.3) is 33.3 Å². The normalized spacial score (nSPS) is 10.4. The minimum Gasteiger partial charge on any atom is -1.00 e. The molecule has 146 valence electrons. The van der Waals surface area contributed by atoms with Crippen LogP contribution < -0.4 is 17.7 Å². The molecule has 6 heteroatoms. The van der Waals surface area contributed by atoms with Gasteiger partial charge in [0.25, 0.3) is 0 Å². The molecule has 4 aromatic rings. The van der Waals surface area contributed by atoms with E-state index in [2.05, 4.69) is 5.32 Å². The van der Waals surface area contributed by atoms with E-state index >= 15 is 0 Å². The van der Waals surface area contributed by atoms with Gasteiger partial charge in [-0.2, -0.15) is 0 Å². The standard InChI is InChI=1S/C23H16ClFN2O.ClH/c1-14(28)26-17-6-4-5-15(11-17)23-13-19(18-7-2-3-8-21(18)25)20-12-16(24)9-10-22(20)27-23;/h2-13H,1H3,(H,26,28);1H/p-1. The van der Waals surface area contributed by atoms with Crippen molar-refractivity contribution in [1.29, 1.82) is 0 Å². The Morgan fingerprint density at radius 1 is 0.966 bits per heavy atom. The molecule has 29 heavy (non-hydrogen) atoms. The molecule has 0 bridgehead atoms. The summed E-state index contributed by atoms with van der Waals surface area (Å²) in [5.74, 6) is -0.460. The second-order valence-corrected chi connectivity index (χ2v) is 6.89. The molecule has 3 aromatic carbocycles. The van der Waals surface area contributed by atoms with Crippen molar-refractivity contribution in [2.75, 3.05) is 5.32 Å². The lowest BCUT2D eigenvalue weighted by Gasteiger charge is -2.12. The van der Waals surface area contributed by atoms with E-state index in [4.69, 9.17) is 16.6 Å². The Morgan fingerprint density at radius 3 is 2.52 bits per heavy atom. The molecule has 0 aliphatic heterocycles. The summed E-state index contributed by atoms with van der Waals surface area (Å²) < 4.78 is 14.5. The van der Waals surface area contributed by atoms with Gasteiger partial charge in [-0.05, 0) is 48.0 Å². The number of rotatable bonds is 3. The smallest absolute Gasteiger partial charge is 0.221 e. The van der Waals surface area contributed by atoms with Crippen LogP contribution in [0.3, 0.4) is 0 Å². The third-order valence-corrected chi connectivity index (χ3v) is 4.65. The van der Waals surface area contributed by atoms with Crippen molar-refractivity contribution in [3.05, 3.63) is 83.6 Å². The number of amides is 1. The first kappa shape index (κ1) is 20.8. The molecule has 0 spiro atoms. The Kier molecular flexibility index (Phi) is 6.16. The van der Waals surface area contributed by atoms with Crippen LogP contribution >= 0.6 is 11.6 Å². The lowest BCUT2D eigenvalue weighted by molar-refractivity contribution is -0.114. The van der Waals surface area contributed by atoms with E-state index in [1.807, 2.05) is 36.4 Å². The fraction of sp³-hybridized carbons (Fsp3) is 0.0435. The Morgan fingerprint density at radius 2 is 1.76 bits per heavy atom. The number of hydrogen-bond acceptors (Lipinski definition) is 2. The Hall–Kier alpha value is -2.95. The summed E-state index contributed by atoms with van der Waals surface area (Å²) in [5.41, 5.74) is 4.09. The average molecular weight is 426 g/mol. The molecule has 4 rings (SSSR count). The van der Waals surface area contributed by atoms with Gasteiger partial charge in [-0.3, -0.25) is 4.79 Å². The van der Waals surface area contributed by atoms with Crippen LogP contribution in [-0.4, -0.2) is 10.9 Å². The van der Waals surface area contributed by atoms with Crippen molar-refractivity contribution in [2.45, 2.75) is 6.92 Å². The molecule has 1 N–H and O–H groups in total. The largest absolute Gasteiger partial charge is 1.00 e. The first-order chi connectivity index (χ1) is 13.5. The number of benzene rings is 3. The molecule has 0 saturated carbocycles. The van der Waals surface area contributed by atoms with E-state index in [-0.39, 0.29) is 24.1 Å². The average Bonchev–Trinajstić information content (AvgIpc) is 2.67. The molecule has 1 heterocycles. The molecular formula is C23H16Cl2FN2O-. The van der Waals surface area contributed by atoms with Crippen LogP contribution in [0, 0.1) is 5.82 Å². The number of anilines is 1. The number of carbonyl (C=O) groups excluding carboxylic acids is 1. The molecule has 0 atom stereocenters. The number of hydrogen-bond donors (Lipinski definition) is 1. The highest BCUT2D eigenvalue weighted by Crippen LogP contribution is 2.35. The van der Waals surface area contributed by atoms with Gasteiger partial charge in [0.05, 0.1) is 11.2 Å². The molecule has 0 saturated heterocycles. The second kappa shape index (κ2) is 8.60. The van der Waals surface area contributed by atoms with Crippen molar-refractivity contribution in [1.82, 2.24) is 4.98 Å². The molecule has 0 aliphatic rings. The van der Waals surface area contributed by atoms with Gasteiger partial charge in [0.2, 0.25) is 5.91 Å². The quantitative estimate of drug-likeness (QED) is 0.546. The predicted molar refractivity (Wildman–Crippen MR) is 112 cm³/mol. The van der Waals surface area contributed by atoms with Gasteiger partial charge in [-0.25, -0.2) is 9.37 Å². The van der Waals surface area contributed by atoms with Crippen molar-refractivity contribution >= 4 is 34.1 Å². The number of nitrogens with one attached hydrogen (secondary N) is 1. The molecule has 3 nitrogen and oxygen atoms in total. The van der Waals surface area contributed by atoms with Gasteiger partial charge >= 0.3 is 0 Å². The van der Waals surface area contributed by atoms with Crippen molar-refractivity contribution in [3.63, 3.8) is 0 Å². The lowest BCUT2D eigenvalue weighted by atomic mass is 9.98. The van der Waals surface area contributed by atoms with Gasteiger partial charge < -0.3 is 17.7 Å². The zero-order valence-corrected chi connectivity index (χ0v) is 16.9. The minimum absolute atomic E-state index is 0. The van der Waals surface area contributed by atoms with Crippen LogP contribution in [-0.2, 0) is 4.79 Å². The predicted octanol–water partition coefficient (Wildman–Crippen LogP) is 3.32. The van der Waals surface area contributed by atoms with Crippen molar-refractivity contribution < 1.29 is 21.6 Å². The van der Waals surface area contributed by atoms with Crippen molar-refractivity contribution in [3.8, 4) is 22.4 Å². The van der Waals surface area contributed by atoms with Crippen LogP contribution in [0.4, 0.5) is 10.1 Å². The molecule has 1 amide bonds. The third kappa shape index (κ3) is 4.39. The van der Waals surface area contributed by atoms with E-state index in [1.165, 1.54) is 13.0 Å². The fourth-order valence-electron chi connectivity index (χ4n) is 3.21. The molecule has 1 aromatic heterocycles. The van der Waals surface area contributed by atoms with E-state index in [0.717, 1.165) is 10.9 Å². The maximum absolute atomic E-state index is 14.5. The molecule has 0 aliphatic carbocycles. The van der Waals surface area contributed by atoms with Gasteiger partial charge in [0.1, 0.15) is 5.82 Å². The Balaban J connectivity index is 0.00000240. The van der Waals surface area contributed by atoms with E-state index in [0.29, 0.717) is 33.0 Å². The van der Waals surface area contributed by atoms with Gasteiger partial charge in [0, 0.05) is 34.1 Å². The Labute approximate surface area is 179 Å². The summed E-state index contributed by atoms with van der Waals surface area (Å²) in [6.45, 7) is 1.46. The summed E-state index contributed by atoms with van der Waals surface area (Å²) in [6, 6.07) is 21.3. The number of fused-ring (bicyclic) bond motifs is 1. The summed E-state index contributed by atoms with van der Waals surface area (Å²) in [4.78, 5) is 16.1. The van der Waals surface area contributed by atoms with E-state index in [1.54, 1.807) is 30.3 Å². The van der Waals surface area contributed by atoms with Gasteiger partial charge in [-0.1, -0.05) is 41.9 Å². The summed E-state index contributed by atoms with van der Waals surface area (Å²) in [7, 11) is 0. The molecule has 0 radical (unpaired) electrons. The second-order valence-electron chi connectivity index (χ2n) is 6.46. The summed E-state index contributed by atoms with van der Waals surface area (Å²) in [6.07, 6.45) is 0. The van der Waals surface area contributed by atoms with Crippen LogP contribution in [0.2, 0.25) is 5.02 Å². The minimum atomic E-state index is -0.312. The number of carbonyl (C=O) groups is 1. The van der Waals surface area contributed by atoms with E-state index < -0.39 is 0 Å². The lowest BCUT2D eigenvalue weighted by Crippen LogP contribution is -3.00. The highest BCUT2D eigenvalue weighted by molar-refractivity contribution is 6.31. The highest BCUT2D eigenvalue weighted by Gasteiger charge is 2.13. The zero-order valence-electron chi connectivity index (χ0n) is 15.4. The van der Waals surface area contributed by atoms with Gasteiger partial charge in [0.15, 0.2) is 0 Å². The SMILES string of the molecule is CC(=O)Nc1cccc(-c2cc(-c3ccccc3F)c3cc(Cl)ccc3n2)c1.[Cl-]. The maximum Gasteiger partial charge on any atom is 0.221 e. The van der Waals surface area contributed by atoms with Gasteiger partial charge in [-0.15, -0.1) is 0 Å². The summed E-state index contributed by atoms with van der Waals surface area (Å²) in [5, 5.41) is 4.11.